The van der Waals surface area contributed by atoms with Gasteiger partial charge in [0.05, 0.1) is 37.1 Å². The average molecular weight is 380 g/mol. The zero-order chi connectivity index (χ0) is 19.2. The van der Waals surface area contributed by atoms with E-state index in [4.69, 9.17) is 14.2 Å². The molecule has 2 aromatic carbocycles. The Hall–Kier alpha value is -2.94. The van der Waals surface area contributed by atoms with Crippen LogP contribution in [0.5, 0.6) is 11.5 Å². The summed E-state index contributed by atoms with van der Waals surface area (Å²) in [6.45, 7) is 1.84. The van der Waals surface area contributed by atoms with E-state index < -0.39 is 16.1 Å². The van der Waals surface area contributed by atoms with Crippen LogP contribution in [0.25, 0.3) is 0 Å². The Morgan fingerprint density at radius 1 is 1.00 bits per heavy atom. The Kier molecular flexibility index (Phi) is 6.29. The van der Waals surface area contributed by atoms with E-state index in [0.717, 1.165) is 0 Å². The smallest absolute Gasteiger partial charge is 0.411 e. The number of methoxy groups -OCH3 is 2. The number of carbonyl (C=O) groups excluding carboxylic acids is 1. The van der Waals surface area contributed by atoms with Gasteiger partial charge in [-0.1, -0.05) is 12.1 Å². The van der Waals surface area contributed by atoms with E-state index in [1.54, 1.807) is 31.2 Å². The zero-order valence-corrected chi connectivity index (χ0v) is 15.4. The highest BCUT2D eigenvalue weighted by Crippen LogP contribution is 2.30. The Bertz CT molecular complexity index is 883. The van der Waals surface area contributed by atoms with Gasteiger partial charge in [-0.25, -0.2) is 13.2 Å². The highest BCUT2D eigenvalue weighted by atomic mass is 32.2. The molecule has 1 amide bonds. The van der Waals surface area contributed by atoms with Crippen molar-refractivity contribution in [3.05, 3.63) is 42.5 Å². The first-order valence-corrected chi connectivity index (χ1v) is 9.17. The average Bonchev–Trinajstić information content (AvgIpc) is 2.62. The van der Waals surface area contributed by atoms with Gasteiger partial charge in [-0.15, -0.1) is 0 Å². The van der Waals surface area contributed by atoms with Crippen molar-refractivity contribution in [2.75, 3.05) is 30.9 Å². The molecule has 0 spiro atoms. The lowest BCUT2D eigenvalue weighted by Gasteiger charge is -2.14. The van der Waals surface area contributed by atoms with Crippen LogP contribution in [0.2, 0.25) is 0 Å². The Morgan fingerprint density at radius 2 is 1.65 bits per heavy atom. The maximum Gasteiger partial charge on any atom is 0.411 e. The van der Waals surface area contributed by atoms with E-state index in [-0.39, 0.29) is 17.2 Å². The van der Waals surface area contributed by atoms with Crippen molar-refractivity contribution in [1.82, 2.24) is 0 Å². The van der Waals surface area contributed by atoms with E-state index in [1.807, 2.05) is 0 Å². The first-order valence-electron chi connectivity index (χ1n) is 7.69. The maximum atomic E-state index is 12.7. The van der Waals surface area contributed by atoms with Gasteiger partial charge in [-0.3, -0.25) is 10.0 Å². The molecule has 8 nitrogen and oxygen atoms in total. The van der Waals surface area contributed by atoms with Gasteiger partial charge in [-0.05, 0) is 37.3 Å². The molecule has 0 aromatic heterocycles. The SMILES string of the molecule is CCOC(=O)Nc1cc(S(=O)(=O)Nc2ccccc2OC)ccc1OC. The monoisotopic (exact) mass is 380 g/mol. The van der Waals surface area contributed by atoms with Crippen LogP contribution in [0.4, 0.5) is 16.2 Å². The second kappa shape index (κ2) is 8.43. The summed E-state index contributed by atoms with van der Waals surface area (Å²) in [7, 11) is -1.06. The number of nitrogens with one attached hydrogen (secondary N) is 2. The maximum absolute atomic E-state index is 12.7. The number of amides is 1. The van der Waals surface area contributed by atoms with E-state index in [1.165, 1.54) is 32.4 Å². The topological polar surface area (TPSA) is 103 Å². The highest BCUT2D eigenvalue weighted by molar-refractivity contribution is 7.92. The highest BCUT2D eigenvalue weighted by Gasteiger charge is 2.19. The zero-order valence-electron chi connectivity index (χ0n) is 14.6. The molecule has 0 atom stereocenters. The summed E-state index contributed by atoms with van der Waals surface area (Å²) in [5.41, 5.74) is 0.472. The Balaban J connectivity index is 2.35. The lowest BCUT2D eigenvalue weighted by Crippen LogP contribution is -2.16. The fourth-order valence-electron chi connectivity index (χ4n) is 2.16. The van der Waals surface area contributed by atoms with Crippen molar-refractivity contribution in [3.8, 4) is 11.5 Å². The summed E-state index contributed by atoms with van der Waals surface area (Å²) >= 11 is 0. The first-order chi connectivity index (χ1) is 12.4. The number of anilines is 2. The van der Waals surface area contributed by atoms with Crippen LogP contribution in [0.3, 0.4) is 0 Å². The van der Waals surface area contributed by atoms with Crippen molar-refractivity contribution in [2.24, 2.45) is 0 Å². The second-order valence-electron chi connectivity index (χ2n) is 5.01. The Labute approximate surface area is 152 Å². The molecule has 0 heterocycles. The fourth-order valence-corrected chi connectivity index (χ4v) is 3.26. The molecular formula is C17H20N2O6S. The minimum atomic E-state index is -3.92. The van der Waals surface area contributed by atoms with Crippen LogP contribution in [0.15, 0.2) is 47.4 Å². The molecular weight excluding hydrogens is 360 g/mol. The van der Waals surface area contributed by atoms with E-state index in [9.17, 15) is 13.2 Å². The lowest BCUT2D eigenvalue weighted by molar-refractivity contribution is 0.168. The van der Waals surface area contributed by atoms with Crippen molar-refractivity contribution in [1.29, 1.82) is 0 Å². The molecule has 0 aliphatic heterocycles. The molecule has 0 radical (unpaired) electrons. The number of hydrogen-bond donors (Lipinski definition) is 2. The molecule has 0 saturated carbocycles. The fraction of sp³-hybridized carbons (Fsp3) is 0.235. The number of para-hydroxylation sites is 2. The van der Waals surface area contributed by atoms with Crippen LogP contribution in [0.1, 0.15) is 6.92 Å². The van der Waals surface area contributed by atoms with Crippen molar-refractivity contribution >= 4 is 27.5 Å². The third kappa shape index (κ3) is 4.57. The summed E-state index contributed by atoms with van der Waals surface area (Å²) in [5, 5.41) is 2.46. The largest absolute Gasteiger partial charge is 0.495 e. The predicted octanol–water partition coefficient (Wildman–Crippen LogP) is 3.07. The van der Waals surface area contributed by atoms with Gasteiger partial charge in [0.2, 0.25) is 0 Å². The number of sulfonamides is 1. The third-order valence-corrected chi connectivity index (χ3v) is 4.71. The number of carbonyl (C=O) groups is 1. The molecule has 0 aliphatic carbocycles. The normalized spacial score (nSPS) is 10.7. The first kappa shape index (κ1) is 19.4. The molecule has 0 fully saturated rings. The summed E-state index contributed by atoms with van der Waals surface area (Å²) < 4.78 is 42.9. The number of rotatable bonds is 7. The predicted molar refractivity (Wildman–Crippen MR) is 97.4 cm³/mol. The minimum absolute atomic E-state index is 0.0593. The molecule has 140 valence electrons. The summed E-state index contributed by atoms with van der Waals surface area (Å²) in [6, 6.07) is 10.7. The lowest BCUT2D eigenvalue weighted by atomic mass is 10.3. The molecule has 0 aliphatic rings. The van der Waals surface area contributed by atoms with Gasteiger partial charge in [0.25, 0.3) is 10.0 Å². The summed E-state index contributed by atoms with van der Waals surface area (Å²) in [6.07, 6.45) is -0.710. The van der Waals surface area contributed by atoms with Gasteiger partial charge in [0.1, 0.15) is 11.5 Å². The van der Waals surface area contributed by atoms with Gasteiger partial charge in [0, 0.05) is 0 Å². The molecule has 0 bridgehead atoms. The number of benzene rings is 2. The number of ether oxygens (including phenoxy) is 3. The molecule has 2 N–H and O–H groups in total. The summed E-state index contributed by atoms with van der Waals surface area (Å²) in [5.74, 6) is 0.684. The van der Waals surface area contributed by atoms with Crippen LogP contribution in [-0.2, 0) is 14.8 Å². The second-order valence-corrected chi connectivity index (χ2v) is 6.70. The standard InChI is InChI=1S/C17H20N2O6S/c1-4-25-17(20)18-14-11-12(9-10-16(14)24-3)26(21,22)19-13-7-5-6-8-15(13)23-2/h5-11,19H,4H2,1-3H3,(H,18,20). The van der Waals surface area contributed by atoms with Gasteiger partial charge in [0.15, 0.2) is 0 Å². The van der Waals surface area contributed by atoms with Crippen LogP contribution in [0, 0.1) is 0 Å². The van der Waals surface area contributed by atoms with E-state index >= 15 is 0 Å². The van der Waals surface area contributed by atoms with Crippen molar-refractivity contribution in [2.45, 2.75) is 11.8 Å². The van der Waals surface area contributed by atoms with Crippen LogP contribution < -0.4 is 19.5 Å². The molecule has 0 unspecified atom stereocenters. The quantitative estimate of drug-likeness (QED) is 0.765. The van der Waals surface area contributed by atoms with Crippen molar-refractivity contribution in [3.63, 3.8) is 0 Å². The van der Waals surface area contributed by atoms with Gasteiger partial charge >= 0.3 is 6.09 Å². The van der Waals surface area contributed by atoms with Crippen LogP contribution >= 0.6 is 0 Å². The molecule has 9 heteroatoms. The minimum Gasteiger partial charge on any atom is -0.495 e. The Morgan fingerprint density at radius 3 is 2.31 bits per heavy atom. The van der Waals surface area contributed by atoms with Crippen molar-refractivity contribution < 1.29 is 27.4 Å². The molecule has 26 heavy (non-hydrogen) atoms. The van der Waals surface area contributed by atoms with E-state index in [2.05, 4.69) is 10.0 Å². The summed E-state index contributed by atoms with van der Waals surface area (Å²) in [4.78, 5) is 11.6. The van der Waals surface area contributed by atoms with Crippen LogP contribution in [-0.4, -0.2) is 35.3 Å². The molecule has 2 aromatic rings. The third-order valence-electron chi connectivity index (χ3n) is 3.34. The molecule has 2 rings (SSSR count). The van der Waals surface area contributed by atoms with Gasteiger partial charge < -0.3 is 14.2 Å². The molecule has 0 saturated heterocycles. The number of hydrogen-bond acceptors (Lipinski definition) is 6. The van der Waals surface area contributed by atoms with E-state index in [0.29, 0.717) is 17.2 Å². The van der Waals surface area contributed by atoms with Gasteiger partial charge in [-0.2, -0.15) is 0 Å².